The van der Waals surface area contributed by atoms with Gasteiger partial charge in [0.1, 0.15) is 0 Å². The van der Waals surface area contributed by atoms with Crippen LogP contribution in [0.15, 0.2) is 0 Å². The fourth-order valence-corrected chi connectivity index (χ4v) is 1.98. The Morgan fingerprint density at radius 2 is 2.00 bits per heavy atom. The quantitative estimate of drug-likeness (QED) is 0.775. The molecule has 0 bridgehead atoms. The fraction of sp³-hybridized carbons (Fsp3) is 0.800. The van der Waals surface area contributed by atoms with E-state index in [1.165, 1.54) is 4.90 Å². The van der Waals surface area contributed by atoms with Crippen molar-refractivity contribution in [2.75, 3.05) is 13.1 Å². The number of hydrogen-bond donors (Lipinski definition) is 2. The van der Waals surface area contributed by atoms with Gasteiger partial charge in [-0.2, -0.15) is 0 Å². The molecule has 1 heterocycles. The van der Waals surface area contributed by atoms with Gasteiger partial charge in [0.05, 0.1) is 12.6 Å². The summed E-state index contributed by atoms with van der Waals surface area (Å²) >= 11 is 0. The molecule has 1 saturated carbocycles. The molecule has 0 aromatic heterocycles. The van der Waals surface area contributed by atoms with Crippen LogP contribution in [0.2, 0.25) is 0 Å². The molecule has 1 amide bonds. The first-order valence-electron chi connectivity index (χ1n) is 5.44. The monoisotopic (exact) mass is 248 g/mol. The Labute approximate surface area is 101 Å². The van der Waals surface area contributed by atoms with E-state index in [4.69, 9.17) is 5.11 Å². The van der Waals surface area contributed by atoms with E-state index in [9.17, 15) is 9.59 Å². The molecule has 0 spiro atoms. The van der Waals surface area contributed by atoms with E-state index >= 15 is 0 Å². The van der Waals surface area contributed by atoms with E-state index in [-0.39, 0.29) is 36.8 Å². The maximum absolute atomic E-state index is 11.7. The van der Waals surface area contributed by atoms with E-state index in [0.29, 0.717) is 0 Å². The van der Waals surface area contributed by atoms with Gasteiger partial charge < -0.3 is 10.4 Å². The molecule has 1 saturated heterocycles. The average Bonchev–Trinajstić information content (AvgIpc) is 2.87. The van der Waals surface area contributed by atoms with Gasteiger partial charge in [-0.05, 0) is 32.2 Å². The number of hydrogen-bond acceptors (Lipinski definition) is 3. The van der Waals surface area contributed by atoms with Gasteiger partial charge in [-0.25, -0.2) is 4.79 Å². The first-order valence-corrected chi connectivity index (χ1v) is 5.44. The number of nitrogens with one attached hydrogen (secondary N) is 1. The number of ketones is 1. The number of carbonyl (C=O) groups is 2. The van der Waals surface area contributed by atoms with Crippen LogP contribution in [0.4, 0.5) is 4.79 Å². The van der Waals surface area contributed by atoms with Crippen LogP contribution in [-0.4, -0.2) is 47.1 Å². The van der Waals surface area contributed by atoms with Crippen LogP contribution >= 0.6 is 12.4 Å². The van der Waals surface area contributed by atoms with Gasteiger partial charge in [-0.3, -0.25) is 9.69 Å². The Bertz CT molecular complexity index is 275. The predicted octanol–water partition coefficient (Wildman–Crippen LogP) is 0.872. The highest BCUT2D eigenvalue weighted by Gasteiger charge is 2.35. The van der Waals surface area contributed by atoms with Gasteiger partial charge in [0.25, 0.3) is 0 Å². The number of rotatable bonds is 4. The molecule has 0 aromatic rings. The van der Waals surface area contributed by atoms with Crippen molar-refractivity contribution in [2.45, 2.75) is 37.8 Å². The lowest BCUT2D eigenvalue weighted by molar-refractivity contribution is -0.121. The highest BCUT2D eigenvalue weighted by atomic mass is 35.5. The van der Waals surface area contributed by atoms with E-state index < -0.39 is 6.09 Å². The molecule has 2 rings (SSSR count). The van der Waals surface area contributed by atoms with E-state index in [1.807, 2.05) is 0 Å². The Morgan fingerprint density at radius 3 is 2.44 bits per heavy atom. The minimum atomic E-state index is -0.969. The smallest absolute Gasteiger partial charge is 0.407 e. The summed E-state index contributed by atoms with van der Waals surface area (Å²) in [6.45, 7) is 0.921. The van der Waals surface area contributed by atoms with Crippen molar-refractivity contribution >= 4 is 24.3 Å². The highest BCUT2D eigenvalue weighted by Crippen LogP contribution is 2.26. The minimum Gasteiger partial charge on any atom is -0.465 e. The first-order chi connectivity index (χ1) is 7.18. The van der Waals surface area contributed by atoms with Crippen LogP contribution < -0.4 is 5.32 Å². The van der Waals surface area contributed by atoms with E-state index in [2.05, 4.69) is 5.32 Å². The Kier molecular flexibility index (Phi) is 4.56. The number of Topliss-reactive ketones (excluding diaryl/α,β-unsaturated/α-hetero) is 1. The normalized spacial score (nSPS) is 23.6. The van der Waals surface area contributed by atoms with Crippen molar-refractivity contribution in [1.29, 1.82) is 0 Å². The van der Waals surface area contributed by atoms with E-state index in [0.717, 1.165) is 32.2 Å². The molecule has 1 aliphatic heterocycles. The summed E-state index contributed by atoms with van der Waals surface area (Å²) in [4.78, 5) is 23.9. The van der Waals surface area contributed by atoms with Crippen molar-refractivity contribution in [3.8, 4) is 0 Å². The van der Waals surface area contributed by atoms with Crippen molar-refractivity contribution in [2.24, 2.45) is 0 Å². The molecule has 0 aromatic carbocycles. The van der Waals surface area contributed by atoms with Crippen LogP contribution in [-0.2, 0) is 4.79 Å². The van der Waals surface area contributed by atoms with Crippen LogP contribution in [0.5, 0.6) is 0 Å². The molecule has 0 radical (unpaired) electrons. The second-order valence-electron chi connectivity index (χ2n) is 4.26. The van der Waals surface area contributed by atoms with Crippen LogP contribution in [0.1, 0.15) is 25.7 Å². The standard InChI is InChI=1S/C10H16N2O3.ClH/c13-9(8-2-1-5-11-8)6-12(10(14)15)7-3-4-7;/h7-8,11H,1-6H2,(H,14,15);1H/t8-;/m0./s1. The Morgan fingerprint density at radius 1 is 1.31 bits per heavy atom. The molecule has 92 valence electrons. The zero-order valence-electron chi connectivity index (χ0n) is 9.02. The lowest BCUT2D eigenvalue weighted by Gasteiger charge is -2.19. The summed E-state index contributed by atoms with van der Waals surface area (Å²) < 4.78 is 0. The van der Waals surface area contributed by atoms with Gasteiger partial charge in [0.15, 0.2) is 5.78 Å². The highest BCUT2D eigenvalue weighted by molar-refractivity contribution is 5.88. The van der Waals surface area contributed by atoms with E-state index in [1.54, 1.807) is 0 Å². The van der Waals surface area contributed by atoms with Crippen LogP contribution in [0.25, 0.3) is 0 Å². The number of carboxylic acid groups (broad SMARTS) is 1. The zero-order valence-corrected chi connectivity index (χ0v) is 9.83. The second-order valence-corrected chi connectivity index (χ2v) is 4.26. The van der Waals surface area contributed by atoms with Gasteiger partial charge >= 0.3 is 6.09 Å². The Balaban J connectivity index is 0.00000128. The lowest BCUT2D eigenvalue weighted by Crippen LogP contribution is -2.42. The summed E-state index contributed by atoms with van der Waals surface area (Å²) in [6, 6.07) is -0.0292. The fourth-order valence-electron chi connectivity index (χ4n) is 1.98. The summed E-state index contributed by atoms with van der Waals surface area (Å²) in [7, 11) is 0. The van der Waals surface area contributed by atoms with Gasteiger partial charge in [-0.15, -0.1) is 12.4 Å². The maximum atomic E-state index is 11.7. The first kappa shape index (κ1) is 13.3. The third-order valence-electron chi connectivity index (χ3n) is 3.01. The summed E-state index contributed by atoms with van der Waals surface area (Å²) in [5, 5.41) is 12.0. The maximum Gasteiger partial charge on any atom is 0.407 e. The molecule has 5 nitrogen and oxygen atoms in total. The van der Waals surface area contributed by atoms with Gasteiger partial charge in [0.2, 0.25) is 0 Å². The number of halogens is 1. The molecule has 1 atom stereocenters. The van der Waals surface area contributed by atoms with Crippen molar-refractivity contribution in [3.63, 3.8) is 0 Å². The third-order valence-corrected chi connectivity index (χ3v) is 3.01. The molecule has 16 heavy (non-hydrogen) atoms. The molecular formula is C10H17ClN2O3. The Hall–Kier alpha value is -0.810. The molecule has 2 aliphatic rings. The van der Waals surface area contributed by atoms with Crippen molar-refractivity contribution in [3.05, 3.63) is 0 Å². The molecule has 2 fully saturated rings. The summed E-state index contributed by atoms with van der Waals surface area (Å²) in [6.07, 6.45) is 2.68. The van der Waals surface area contributed by atoms with Crippen molar-refractivity contribution in [1.82, 2.24) is 10.2 Å². The predicted molar refractivity (Wildman–Crippen MR) is 61.0 cm³/mol. The minimum absolute atomic E-state index is 0. The topological polar surface area (TPSA) is 69.6 Å². The number of carbonyl (C=O) groups excluding carboxylic acids is 1. The number of nitrogens with zero attached hydrogens (tertiary/aromatic N) is 1. The zero-order chi connectivity index (χ0) is 10.8. The van der Waals surface area contributed by atoms with Crippen LogP contribution in [0.3, 0.4) is 0 Å². The molecular weight excluding hydrogens is 232 g/mol. The number of amides is 1. The summed E-state index contributed by atoms with van der Waals surface area (Å²) in [5.74, 6) is 0.0156. The molecule has 2 N–H and O–H groups in total. The molecule has 6 heteroatoms. The third kappa shape index (κ3) is 3.09. The average molecular weight is 249 g/mol. The summed E-state index contributed by atoms with van der Waals surface area (Å²) in [5.41, 5.74) is 0. The van der Waals surface area contributed by atoms with Gasteiger partial charge in [0, 0.05) is 6.04 Å². The van der Waals surface area contributed by atoms with Crippen molar-refractivity contribution < 1.29 is 14.7 Å². The lowest BCUT2D eigenvalue weighted by atomic mass is 10.1. The largest absolute Gasteiger partial charge is 0.465 e. The molecule has 0 unspecified atom stereocenters. The molecule has 1 aliphatic carbocycles. The van der Waals surface area contributed by atoms with Gasteiger partial charge in [-0.1, -0.05) is 0 Å². The van der Waals surface area contributed by atoms with Crippen LogP contribution in [0, 0.1) is 0 Å². The second kappa shape index (κ2) is 5.50. The SMILES string of the molecule is Cl.O=C(CN(C(=O)O)C1CC1)[C@@H]1CCCN1.